The number of rotatable bonds is 6. The molecule has 0 aliphatic heterocycles. The minimum atomic E-state index is -0.382. The summed E-state index contributed by atoms with van der Waals surface area (Å²) >= 11 is 7.40. The monoisotopic (exact) mass is 389 g/mol. The maximum absolute atomic E-state index is 12.2. The summed E-state index contributed by atoms with van der Waals surface area (Å²) < 4.78 is 5.02. The van der Waals surface area contributed by atoms with Gasteiger partial charge in [0.2, 0.25) is 5.91 Å². The molecule has 134 valence electrons. The second-order valence-electron chi connectivity index (χ2n) is 5.56. The number of carbonyl (C=O) groups is 2. The topological polar surface area (TPSA) is 84.2 Å². The van der Waals surface area contributed by atoms with Crippen molar-refractivity contribution in [1.29, 1.82) is 0 Å². The van der Waals surface area contributed by atoms with Gasteiger partial charge in [-0.1, -0.05) is 29.8 Å². The molecular weight excluding hydrogens is 374 g/mol. The van der Waals surface area contributed by atoms with E-state index in [2.05, 4.69) is 15.6 Å². The van der Waals surface area contributed by atoms with Crippen molar-refractivity contribution in [3.05, 3.63) is 70.1 Å². The van der Waals surface area contributed by atoms with Crippen LogP contribution in [0.3, 0.4) is 0 Å². The van der Waals surface area contributed by atoms with Crippen LogP contribution in [-0.4, -0.2) is 16.8 Å². The maximum Gasteiger partial charge on any atom is 0.293 e. The molecule has 3 aromatic rings. The fraction of sp³-hybridized carbons (Fsp3) is 0.167. The van der Waals surface area contributed by atoms with Crippen molar-refractivity contribution >= 4 is 39.9 Å². The molecule has 0 spiro atoms. The number of carbonyl (C=O) groups excluding carboxylic acids is 2. The van der Waals surface area contributed by atoms with Gasteiger partial charge in [0.15, 0.2) is 10.9 Å². The summed E-state index contributed by atoms with van der Waals surface area (Å²) in [6.45, 7) is 1.87. The Hall–Kier alpha value is -2.64. The zero-order valence-corrected chi connectivity index (χ0v) is 15.4. The van der Waals surface area contributed by atoms with E-state index in [-0.39, 0.29) is 30.0 Å². The third-order valence-corrected chi connectivity index (χ3v) is 4.76. The number of hydrogen-bond donors (Lipinski definition) is 2. The van der Waals surface area contributed by atoms with Crippen molar-refractivity contribution in [3.8, 4) is 0 Å². The van der Waals surface area contributed by atoms with Crippen LogP contribution in [0, 0.1) is 0 Å². The van der Waals surface area contributed by atoms with Gasteiger partial charge in [0.1, 0.15) is 0 Å². The molecule has 0 saturated heterocycles. The van der Waals surface area contributed by atoms with Gasteiger partial charge in [-0.2, -0.15) is 0 Å². The van der Waals surface area contributed by atoms with E-state index in [0.29, 0.717) is 15.8 Å². The van der Waals surface area contributed by atoms with Crippen LogP contribution in [0.4, 0.5) is 5.13 Å². The number of hydrogen-bond acceptors (Lipinski definition) is 5. The quantitative estimate of drug-likeness (QED) is 0.665. The molecule has 0 bridgehead atoms. The fourth-order valence-electron chi connectivity index (χ4n) is 2.37. The lowest BCUT2D eigenvalue weighted by molar-refractivity contribution is -0.121. The van der Waals surface area contributed by atoms with Crippen molar-refractivity contribution < 1.29 is 14.0 Å². The summed E-state index contributed by atoms with van der Waals surface area (Å²) in [5, 5.41) is 8.29. The summed E-state index contributed by atoms with van der Waals surface area (Å²) in [4.78, 5) is 28.4. The molecular formula is C18H16ClN3O3S. The van der Waals surface area contributed by atoms with Crippen molar-refractivity contribution in [2.45, 2.75) is 19.4 Å². The van der Waals surface area contributed by atoms with Crippen LogP contribution in [0.15, 0.2) is 52.5 Å². The van der Waals surface area contributed by atoms with Crippen molar-refractivity contribution in [3.63, 3.8) is 0 Å². The Kier molecular flexibility index (Phi) is 5.70. The Morgan fingerprint density at radius 1 is 1.27 bits per heavy atom. The van der Waals surface area contributed by atoms with Crippen LogP contribution in [-0.2, 0) is 11.2 Å². The lowest BCUT2D eigenvalue weighted by atomic mass is 10.1. The molecule has 2 amide bonds. The van der Waals surface area contributed by atoms with Gasteiger partial charge in [-0.05, 0) is 30.7 Å². The molecule has 0 radical (unpaired) electrons. The molecule has 0 fully saturated rings. The van der Waals surface area contributed by atoms with E-state index >= 15 is 0 Å². The minimum Gasteiger partial charge on any atom is -0.459 e. The van der Waals surface area contributed by atoms with Gasteiger partial charge in [-0.3, -0.25) is 14.9 Å². The van der Waals surface area contributed by atoms with E-state index in [1.165, 1.54) is 17.6 Å². The number of aromatic nitrogens is 1. The molecule has 1 aromatic carbocycles. The molecule has 1 atom stereocenters. The third-order valence-electron chi connectivity index (χ3n) is 3.61. The first-order valence-electron chi connectivity index (χ1n) is 7.86. The van der Waals surface area contributed by atoms with Crippen LogP contribution in [0.25, 0.3) is 0 Å². The number of furan rings is 1. The van der Waals surface area contributed by atoms with E-state index in [1.54, 1.807) is 23.6 Å². The van der Waals surface area contributed by atoms with Crippen LogP contribution in [0.2, 0.25) is 5.02 Å². The highest BCUT2D eigenvalue weighted by molar-refractivity contribution is 7.14. The molecule has 2 aromatic heterocycles. The van der Waals surface area contributed by atoms with E-state index < -0.39 is 0 Å². The SMILES string of the molecule is C[C@H](NC(=O)Cc1csc(NC(=O)c2ccco2)n1)c1ccccc1Cl. The van der Waals surface area contributed by atoms with E-state index in [0.717, 1.165) is 5.56 Å². The predicted octanol–water partition coefficient (Wildman–Crippen LogP) is 4.06. The lowest BCUT2D eigenvalue weighted by Gasteiger charge is -2.15. The van der Waals surface area contributed by atoms with Gasteiger partial charge in [0, 0.05) is 10.4 Å². The summed E-state index contributed by atoms with van der Waals surface area (Å²) in [5.41, 5.74) is 1.43. The van der Waals surface area contributed by atoms with E-state index in [9.17, 15) is 9.59 Å². The highest BCUT2D eigenvalue weighted by atomic mass is 35.5. The smallest absolute Gasteiger partial charge is 0.293 e. The molecule has 0 aliphatic carbocycles. The van der Waals surface area contributed by atoms with E-state index in [1.807, 2.05) is 25.1 Å². The highest BCUT2D eigenvalue weighted by Gasteiger charge is 2.15. The number of benzene rings is 1. The van der Waals surface area contributed by atoms with Gasteiger partial charge < -0.3 is 9.73 Å². The normalized spacial score (nSPS) is 11.8. The highest BCUT2D eigenvalue weighted by Crippen LogP contribution is 2.22. The minimum absolute atomic E-state index is 0.113. The Morgan fingerprint density at radius 3 is 2.81 bits per heavy atom. The van der Waals surface area contributed by atoms with E-state index in [4.69, 9.17) is 16.0 Å². The molecule has 8 heteroatoms. The van der Waals surface area contributed by atoms with Gasteiger partial charge >= 0.3 is 0 Å². The molecule has 2 N–H and O–H groups in total. The lowest BCUT2D eigenvalue weighted by Crippen LogP contribution is -2.28. The first kappa shape index (κ1) is 18.2. The summed E-state index contributed by atoms with van der Waals surface area (Å²) in [5.74, 6) is -0.354. The summed E-state index contributed by atoms with van der Waals surface area (Å²) in [6.07, 6.45) is 1.54. The van der Waals surface area contributed by atoms with Gasteiger partial charge in [-0.15, -0.1) is 11.3 Å². The Balaban J connectivity index is 1.56. The number of thiazole rings is 1. The van der Waals surface area contributed by atoms with Crippen LogP contribution in [0.1, 0.15) is 34.8 Å². The Labute approximate surface area is 159 Å². The second kappa shape index (κ2) is 8.16. The molecule has 2 heterocycles. The van der Waals surface area contributed by atoms with Gasteiger partial charge in [0.25, 0.3) is 5.91 Å². The van der Waals surface area contributed by atoms with Gasteiger partial charge in [-0.25, -0.2) is 4.98 Å². The molecule has 6 nitrogen and oxygen atoms in total. The van der Waals surface area contributed by atoms with Crippen molar-refractivity contribution in [2.75, 3.05) is 5.32 Å². The summed E-state index contributed by atoms with van der Waals surface area (Å²) in [7, 11) is 0. The molecule has 0 saturated carbocycles. The van der Waals surface area contributed by atoms with Crippen LogP contribution >= 0.6 is 22.9 Å². The first-order valence-corrected chi connectivity index (χ1v) is 9.11. The standard InChI is InChI=1S/C18H16ClN3O3S/c1-11(13-5-2-3-6-14(13)19)20-16(23)9-12-10-26-18(21-12)22-17(24)15-7-4-8-25-15/h2-8,10-11H,9H2,1H3,(H,20,23)(H,21,22,24)/t11-/m0/s1. The Bertz CT molecular complexity index is 908. The number of nitrogens with one attached hydrogen (secondary N) is 2. The predicted molar refractivity (Wildman–Crippen MR) is 100 cm³/mol. The molecule has 0 unspecified atom stereocenters. The van der Waals surface area contributed by atoms with Crippen LogP contribution in [0.5, 0.6) is 0 Å². The third kappa shape index (κ3) is 4.50. The number of amides is 2. The zero-order chi connectivity index (χ0) is 18.5. The maximum atomic E-state index is 12.2. The summed E-state index contributed by atoms with van der Waals surface area (Å²) in [6, 6.07) is 10.4. The van der Waals surface area contributed by atoms with Gasteiger partial charge in [0.05, 0.1) is 24.4 Å². The molecule has 0 aliphatic rings. The number of halogens is 1. The second-order valence-corrected chi connectivity index (χ2v) is 6.83. The van der Waals surface area contributed by atoms with Crippen LogP contribution < -0.4 is 10.6 Å². The average molecular weight is 390 g/mol. The number of anilines is 1. The van der Waals surface area contributed by atoms with Crippen molar-refractivity contribution in [2.24, 2.45) is 0 Å². The Morgan fingerprint density at radius 2 is 2.08 bits per heavy atom. The molecule has 26 heavy (non-hydrogen) atoms. The van der Waals surface area contributed by atoms with Crippen molar-refractivity contribution in [1.82, 2.24) is 10.3 Å². The fourth-order valence-corrected chi connectivity index (χ4v) is 3.38. The molecule has 3 rings (SSSR count). The largest absolute Gasteiger partial charge is 0.459 e. The average Bonchev–Trinajstić information content (AvgIpc) is 3.27. The zero-order valence-electron chi connectivity index (χ0n) is 13.9. The first-order chi connectivity index (χ1) is 12.5. The number of nitrogens with zero attached hydrogens (tertiary/aromatic N) is 1.